The van der Waals surface area contributed by atoms with Crippen molar-refractivity contribution >= 4 is 6.09 Å². The lowest BCUT2D eigenvalue weighted by Crippen LogP contribution is -2.37. The number of methoxy groups -OCH3 is 1. The number of rotatable bonds is 6. The molecule has 0 spiro atoms. The van der Waals surface area contributed by atoms with E-state index in [2.05, 4.69) is 5.32 Å². The Hall–Kier alpha value is -1.95. The van der Waals surface area contributed by atoms with Crippen molar-refractivity contribution in [3.63, 3.8) is 0 Å². The highest BCUT2D eigenvalue weighted by atomic mass is 16.6. The molecule has 0 aliphatic rings. The number of phenolic OH excluding ortho intramolecular Hbond substituents is 1. The van der Waals surface area contributed by atoms with Gasteiger partial charge in [-0.2, -0.15) is 0 Å². The summed E-state index contributed by atoms with van der Waals surface area (Å²) in [6.07, 6.45) is -0.333. The lowest BCUT2D eigenvalue weighted by molar-refractivity contribution is 0.0300. The van der Waals surface area contributed by atoms with Gasteiger partial charge in [0.1, 0.15) is 5.60 Å². The summed E-state index contributed by atoms with van der Waals surface area (Å²) in [5.74, 6) is 0.570. The van der Waals surface area contributed by atoms with Gasteiger partial charge in [0, 0.05) is 26.7 Å². The number of hydrogen-bond donors (Lipinski definition) is 2. The minimum atomic E-state index is -0.485. The van der Waals surface area contributed by atoms with E-state index in [1.165, 1.54) is 12.0 Å². The van der Waals surface area contributed by atoms with E-state index < -0.39 is 5.60 Å². The van der Waals surface area contributed by atoms with Crippen LogP contribution in [0.3, 0.4) is 0 Å². The highest BCUT2D eigenvalue weighted by Crippen LogP contribution is 2.26. The lowest BCUT2D eigenvalue weighted by atomic mass is 10.2. The molecule has 0 saturated carbocycles. The standard InChI is InChI=1S/C16H26N2O4/c1-16(2,3)22-15(20)18(4)9-8-17-11-12-6-7-13(19)14(10-12)21-5/h6-7,10,17,19H,8-9,11H2,1-5H3. The molecule has 6 nitrogen and oxygen atoms in total. The van der Waals surface area contributed by atoms with Crippen molar-refractivity contribution in [3.8, 4) is 11.5 Å². The molecule has 0 heterocycles. The fourth-order valence-corrected chi connectivity index (χ4v) is 1.74. The third-order valence-corrected chi connectivity index (χ3v) is 2.90. The number of phenols is 1. The zero-order valence-corrected chi connectivity index (χ0v) is 14.0. The van der Waals surface area contributed by atoms with Crippen molar-refractivity contribution in [1.82, 2.24) is 10.2 Å². The number of carbonyl (C=O) groups excluding carboxylic acids is 1. The minimum Gasteiger partial charge on any atom is -0.504 e. The van der Waals surface area contributed by atoms with E-state index in [0.29, 0.717) is 25.4 Å². The number of nitrogens with one attached hydrogen (secondary N) is 1. The third kappa shape index (κ3) is 6.22. The number of aromatic hydroxyl groups is 1. The quantitative estimate of drug-likeness (QED) is 0.789. The molecule has 1 aromatic carbocycles. The van der Waals surface area contributed by atoms with E-state index >= 15 is 0 Å². The normalized spacial score (nSPS) is 11.1. The minimum absolute atomic E-state index is 0.121. The van der Waals surface area contributed by atoms with Crippen molar-refractivity contribution in [2.24, 2.45) is 0 Å². The number of hydrogen-bond acceptors (Lipinski definition) is 5. The second-order valence-electron chi connectivity index (χ2n) is 6.08. The lowest BCUT2D eigenvalue weighted by Gasteiger charge is -2.24. The Morgan fingerprint density at radius 1 is 1.36 bits per heavy atom. The van der Waals surface area contributed by atoms with Gasteiger partial charge in [-0.25, -0.2) is 4.79 Å². The largest absolute Gasteiger partial charge is 0.504 e. The van der Waals surface area contributed by atoms with Gasteiger partial charge >= 0.3 is 6.09 Å². The summed E-state index contributed by atoms with van der Waals surface area (Å²) < 4.78 is 10.3. The van der Waals surface area contributed by atoms with Gasteiger partial charge in [-0.1, -0.05) is 6.07 Å². The molecule has 0 bridgehead atoms. The summed E-state index contributed by atoms with van der Waals surface area (Å²) in [5, 5.41) is 12.8. The highest BCUT2D eigenvalue weighted by Gasteiger charge is 2.19. The number of nitrogens with zero attached hydrogens (tertiary/aromatic N) is 1. The van der Waals surface area contributed by atoms with E-state index in [-0.39, 0.29) is 11.8 Å². The zero-order chi connectivity index (χ0) is 16.8. The van der Waals surface area contributed by atoms with Crippen LogP contribution in [-0.2, 0) is 11.3 Å². The van der Waals surface area contributed by atoms with Gasteiger partial charge in [-0.15, -0.1) is 0 Å². The first-order chi connectivity index (χ1) is 10.2. The van der Waals surface area contributed by atoms with Crippen molar-refractivity contribution in [2.75, 3.05) is 27.2 Å². The van der Waals surface area contributed by atoms with Crippen molar-refractivity contribution in [2.45, 2.75) is 32.9 Å². The van der Waals surface area contributed by atoms with E-state index in [0.717, 1.165) is 5.56 Å². The Bertz CT molecular complexity index is 497. The first-order valence-corrected chi connectivity index (χ1v) is 7.23. The summed E-state index contributed by atoms with van der Waals surface area (Å²) in [7, 11) is 3.22. The number of ether oxygens (including phenoxy) is 2. The van der Waals surface area contributed by atoms with Gasteiger partial charge in [0.15, 0.2) is 11.5 Å². The summed E-state index contributed by atoms with van der Waals surface area (Å²) >= 11 is 0. The highest BCUT2D eigenvalue weighted by molar-refractivity contribution is 5.67. The second kappa shape index (κ2) is 7.89. The molecule has 1 amide bonds. The topological polar surface area (TPSA) is 71.0 Å². The average Bonchev–Trinajstić information content (AvgIpc) is 2.43. The van der Waals surface area contributed by atoms with Crippen LogP contribution in [0.15, 0.2) is 18.2 Å². The van der Waals surface area contributed by atoms with Crippen molar-refractivity contribution in [1.29, 1.82) is 0 Å². The van der Waals surface area contributed by atoms with Gasteiger partial charge in [-0.3, -0.25) is 0 Å². The van der Waals surface area contributed by atoms with Crippen LogP contribution in [0.5, 0.6) is 11.5 Å². The SMILES string of the molecule is COc1cc(CNCCN(C)C(=O)OC(C)(C)C)ccc1O. The Kier molecular flexibility index (Phi) is 6.49. The van der Waals surface area contributed by atoms with Crippen molar-refractivity contribution in [3.05, 3.63) is 23.8 Å². The molecule has 0 fully saturated rings. The molecule has 1 rings (SSSR count). The monoisotopic (exact) mass is 310 g/mol. The first kappa shape index (κ1) is 18.1. The van der Waals surface area contributed by atoms with Gasteiger partial charge in [0.05, 0.1) is 7.11 Å². The molecule has 0 unspecified atom stereocenters. The van der Waals surface area contributed by atoms with Crippen LogP contribution >= 0.6 is 0 Å². The maximum atomic E-state index is 11.8. The molecular formula is C16H26N2O4. The Labute approximate surface area is 132 Å². The Morgan fingerprint density at radius 3 is 2.64 bits per heavy atom. The van der Waals surface area contributed by atoms with Crippen LogP contribution in [0.1, 0.15) is 26.3 Å². The predicted octanol–water partition coefficient (Wildman–Crippen LogP) is 2.36. The molecule has 1 aromatic rings. The molecular weight excluding hydrogens is 284 g/mol. The molecule has 0 radical (unpaired) electrons. The molecule has 0 saturated heterocycles. The van der Waals surface area contributed by atoms with Crippen LogP contribution < -0.4 is 10.1 Å². The van der Waals surface area contributed by atoms with E-state index in [9.17, 15) is 9.90 Å². The second-order valence-corrected chi connectivity index (χ2v) is 6.08. The van der Waals surface area contributed by atoms with E-state index in [1.54, 1.807) is 19.2 Å². The van der Waals surface area contributed by atoms with E-state index in [1.807, 2.05) is 26.8 Å². The molecule has 0 aliphatic heterocycles. The molecule has 6 heteroatoms. The Balaban J connectivity index is 2.34. The van der Waals surface area contributed by atoms with E-state index in [4.69, 9.17) is 9.47 Å². The van der Waals surface area contributed by atoms with Crippen LogP contribution in [-0.4, -0.2) is 48.9 Å². The summed E-state index contributed by atoms with van der Waals surface area (Å²) in [6.45, 7) is 7.33. The Morgan fingerprint density at radius 2 is 2.05 bits per heavy atom. The van der Waals surface area contributed by atoms with Crippen LogP contribution in [0.25, 0.3) is 0 Å². The van der Waals surface area contributed by atoms with Crippen LogP contribution in [0, 0.1) is 0 Å². The molecule has 22 heavy (non-hydrogen) atoms. The number of carbonyl (C=O) groups is 1. The van der Waals surface area contributed by atoms with Gasteiger partial charge < -0.3 is 24.8 Å². The smallest absolute Gasteiger partial charge is 0.410 e. The fraction of sp³-hybridized carbons (Fsp3) is 0.562. The third-order valence-electron chi connectivity index (χ3n) is 2.90. The predicted molar refractivity (Wildman–Crippen MR) is 85.2 cm³/mol. The average molecular weight is 310 g/mol. The maximum absolute atomic E-state index is 11.8. The molecule has 2 N–H and O–H groups in total. The van der Waals surface area contributed by atoms with Crippen molar-refractivity contribution < 1.29 is 19.4 Å². The number of benzene rings is 1. The zero-order valence-electron chi connectivity index (χ0n) is 14.0. The van der Waals surface area contributed by atoms with Gasteiger partial charge in [0.2, 0.25) is 0 Å². The molecule has 0 atom stereocenters. The summed E-state index contributed by atoms with van der Waals surface area (Å²) in [4.78, 5) is 13.3. The fourth-order valence-electron chi connectivity index (χ4n) is 1.74. The summed E-state index contributed by atoms with van der Waals surface area (Å²) in [5.41, 5.74) is 0.510. The van der Waals surface area contributed by atoms with Gasteiger partial charge in [-0.05, 0) is 38.5 Å². The van der Waals surface area contributed by atoms with Crippen LogP contribution in [0.4, 0.5) is 4.79 Å². The molecule has 0 aliphatic carbocycles. The number of likely N-dealkylation sites (N-methyl/N-ethyl adjacent to an activating group) is 1. The van der Waals surface area contributed by atoms with Gasteiger partial charge in [0.25, 0.3) is 0 Å². The molecule has 124 valence electrons. The number of amides is 1. The maximum Gasteiger partial charge on any atom is 0.410 e. The summed E-state index contributed by atoms with van der Waals surface area (Å²) in [6, 6.07) is 5.20. The first-order valence-electron chi connectivity index (χ1n) is 7.23. The van der Waals surface area contributed by atoms with Crippen LogP contribution in [0.2, 0.25) is 0 Å². The molecule has 0 aromatic heterocycles.